The van der Waals surface area contributed by atoms with Gasteiger partial charge in [0.15, 0.2) is 0 Å². The van der Waals surface area contributed by atoms with Crippen molar-refractivity contribution < 1.29 is 9.59 Å². The first kappa shape index (κ1) is 20.1. The van der Waals surface area contributed by atoms with Gasteiger partial charge in [-0.2, -0.15) is 5.26 Å². The fraction of sp³-hybridized carbons (Fsp3) is 0.550. The molecule has 1 aromatic carbocycles. The van der Waals surface area contributed by atoms with Crippen molar-refractivity contribution in [3.8, 4) is 6.07 Å². The molecule has 1 heterocycles. The summed E-state index contributed by atoms with van der Waals surface area (Å²) in [6, 6.07) is 8.95. The Balaban J connectivity index is 2.16. The van der Waals surface area contributed by atoms with Gasteiger partial charge < -0.3 is 9.80 Å². The smallest absolute Gasteiger partial charge is 0.240 e. The van der Waals surface area contributed by atoms with Crippen LogP contribution in [-0.2, 0) is 9.59 Å². The van der Waals surface area contributed by atoms with E-state index < -0.39 is 6.04 Å². The summed E-state index contributed by atoms with van der Waals surface area (Å²) >= 11 is 0. The van der Waals surface area contributed by atoms with Crippen LogP contribution in [0.4, 0.5) is 0 Å². The van der Waals surface area contributed by atoms with Crippen molar-refractivity contribution in [2.24, 2.45) is 0 Å². The van der Waals surface area contributed by atoms with E-state index in [4.69, 9.17) is 5.26 Å². The summed E-state index contributed by atoms with van der Waals surface area (Å²) < 4.78 is 0. The first-order valence-corrected chi connectivity index (χ1v) is 9.18. The molecule has 6 heteroatoms. The molecule has 1 N–H and O–H groups in total. The zero-order valence-electron chi connectivity index (χ0n) is 15.9. The van der Waals surface area contributed by atoms with Crippen LogP contribution in [0.1, 0.15) is 37.3 Å². The topological polar surface area (TPSA) is 76.4 Å². The molecule has 1 fully saturated rings. The molecule has 2 rings (SSSR count). The molecular formula is C20H28N4O2. The average molecular weight is 356 g/mol. The number of hydrogen-bond acceptors (Lipinski definition) is 5. The van der Waals surface area contributed by atoms with Gasteiger partial charge >= 0.3 is 0 Å². The van der Waals surface area contributed by atoms with E-state index >= 15 is 0 Å². The SMILES string of the molecule is CCC(=O)CN[C@@H](C(=O)N1CCN(C)CC1)C(C)c1ccc(C#N)cc1. The fourth-order valence-corrected chi connectivity index (χ4v) is 3.10. The first-order chi connectivity index (χ1) is 12.5. The molecule has 140 valence electrons. The summed E-state index contributed by atoms with van der Waals surface area (Å²) in [5, 5.41) is 12.2. The summed E-state index contributed by atoms with van der Waals surface area (Å²) in [5.74, 6) is 0.0339. The van der Waals surface area contributed by atoms with Crippen molar-refractivity contribution in [3.63, 3.8) is 0 Å². The Labute approximate surface area is 155 Å². The Bertz CT molecular complexity index is 657. The van der Waals surface area contributed by atoms with E-state index in [1.807, 2.05) is 30.9 Å². The molecule has 0 saturated carbocycles. The lowest BCUT2D eigenvalue weighted by Gasteiger charge is -2.36. The zero-order valence-corrected chi connectivity index (χ0v) is 15.9. The van der Waals surface area contributed by atoms with E-state index in [1.165, 1.54) is 0 Å². The van der Waals surface area contributed by atoms with Gasteiger partial charge in [0, 0.05) is 38.5 Å². The van der Waals surface area contributed by atoms with Gasteiger partial charge in [-0.3, -0.25) is 14.9 Å². The molecule has 1 aliphatic heterocycles. The Morgan fingerprint density at radius 3 is 2.35 bits per heavy atom. The molecule has 1 aliphatic rings. The predicted octanol–water partition coefficient (Wildman–Crippen LogP) is 1.37. The van der Waals surface area contributed by atoms with Gasteiger partial charge in [0.05, 0.1) is 24.2 Å². The number of benzene rings is 1. The first-order valence-electron chi connectivity index (χ1n) is 9.18. The number of hydrogen-bond donors (Lipinski definition) is 1. The summed E-state index contributed by atoms with van der Waals surface area (Å²) in [4.78, 5) is 29.0. The maximum absolute atomic E-state index is 13.1. The molecule has 0 aliphatic carbocycles. The van der Waals surface area contributed by atoms with Crippen LogP contribution in [0.25, 0.3) is 0 Å². The highest BCUT2D eigenvalue weighted by molar-refractivity contribution is 5.85. The van der Waals surface area contributed by atoms with Crippen LogP contribution in [0.3, 0.4) is 0 Å². The van der Waals surface area contributed by atoms with Crippen LogP contribution in [0.2, 0.25) is 0 Å². The van der Waals surface area contributed by atoms with Crippen molar-refractivity contribution in [2.75, 3.05) is 39.8 Å². The molecule has 2 atom stereocenters. The number of nitrogens with one attached hydrogen (secondary N) is 1. The lowest BCUT2D eigenvalue weighted by atomic mass is 9.91. The third-order valence-corrected chi connectivity index (χ3v) is 5.06. The van der Waals surface area contributed by atoms with Gasteiger partial charge in [0.1, 0.15) is 5.78 Å². The minimum absolute atomic E-state index is 0.0406. The van der Waals surface area contributed by atoms with Gasteiger partial charge in [-0.25, -0.2) is 0 Å². The van der Waals surface area contributed by atoms with Crippen LogP contribution in [0.5, 0.6) is 0 Å². The number of amides is 1. The Morgan fingerprint density at radius 2 is 1.81 bits per heavy atom. The lowest BCUT2D eigenvalue weighted by molar-refractivity contribution is -0.135. The van der Waals surface area contributed by atoms with Gasteiger partial charge in [0.25, 0.3) is 0 Å². The second-order valence-electron chi connectivity index (χ2n) is 6.90. The van der Waals surface area contributed by atoms with Gasteiger partial charge in [-0.15, -0.1) is 0 Å². The molecule has 1 amide bonds. The van der Waals surface area contributed by atoms with Crippen molar-refractivity contribution >= 4 is 11.7 Å². The highest BCUT2D eigenvalue weighted by atomic mass is 16.2. The largest absolute Gasteiger partial charge is 0.339 e. The van der Waals surface area contributed by atoms with E-state index in [9.17, 15) is 9.59 Å². The third-order valence-electron chi connectivity index (χ3n) is 5.06. The number of carbonyl (C=O) groups is 2. The number of rotatable bonds is 7. The van der Waals surface area contributed by atoms with Gasteiger partial charge in [0.2, 0.25) is 5.91 Å². The van der Waals surface area contributed by atoms with Crippen LogP contribution >= 0.6 is 0 Å². The summed E-state index contributed by atoms with van der Waals surface area (Å²) in [6.07, 6.45) is 0.452. The van der Waals surface area contributed by atoms with Crippen LogP contribution in [0.15, 0.2) is 24.3 Å². The maximum atomic E-state index is 13.1. The molecule has 1 aromatic rings. The van der Waals surface area contributed by atoms with Crippen LogP contribution in [0, 0.1) is 11.3 Å². The van der Waals surface area contributed by atoms with Crippen molar-refractivity contribution in [1.29, 1.82) is 5.26 Å². The van der Waals surface area contributed by atoms with Crippen LogP contribution < -0.4 is 5.32 Å². The zero-order chi connectivity index (χ0) is 19.1. The van der Waals surface area contributed by atoms with E-state index in [0.717, 1.165) is 18.7 Å². The second-order valence-corrected chi connectivity index (χ2v) is 6.90. The number of ketones is 1. The molecule has 0 bridgehead atoms. The van der Waals surface area contributed by atoms with Gasteiger partial charge in [-0.1, -0.05) is 26.0 Å². The molecule has 6 nitrogen and oxygen atoms in total. The molecule has 0 radical (unpaired) electrons. The third kappa shape index (κ3) is 5.13. The quantitative estimate of drug-likeness (QED) is 0.799. The molecule has 1 saturated heterocycles. The Hall–Kier alpha value is -2.23. The van der Waals surface area contributed by atoms with Crippen molar-refractivity contribution in [2.45, 2.75) is 32.2 Å². The van der Waals surface area contributed by atoms with E-state index in [2.05, 4.69) is 23.3 Å². The maximum Gasteiger partial charge on any atom is 0.240 e. The van der Waals surface area contributed by atoms with Crippen molar-refractivity contribution in [3.05, 3.63) is 35.4 Å². The average Bonchev–Trinajstić information content (AvgIpc) is 2.68. The molecular weight excluding hydrogens is 328 g/mol. The predicted molar refractivity (Wildman–Crippen MR) is 101 cm³/mol. The highest BCUT2D eigenvalue weighted by Gasteiger charge is 2.31. The number of nitrogens with zero attached hydrogens (tertiary/aromatic N) is 3. The van der Waals surface area contributed by atoms with E-state index in [0.29, 0.717) is 25.1 Å². The van der Waals surface area contributed by atoms with E-state index in [1.54, 1.807) is 12.1 Å². The minimum Gasteiger partial charge on any atom is -0.339 e. The molecule has 1 unspecified atom stereocenters. The summed E-state index contributed by atoms with van der Waals surface area (Å²) in [6.45, 7) is 7.13. The number of piperazine rings is 1. The second kappa shape index (κ2) is 9.46. The number of Topliss-reactive ketones (excluding diaryl/α,β-unsaturated/α-hetero) is 1. The van der Waals surface area contributed by atoms with Gasteiger partial charge in [-0.05, 0) is 24.7 Å². The Morgan fingerprint density at radius 1 is 1.19 bits per heavy atom. The van der Waals surface area contributed by atoms with Crippen molar-refractivity contribution in [1.82, 2.24) is 15.1 Å². The molecule has 0 spiro atoms. The van der Waals surface area contributed by atoms with E-state index in [-0.39, 0.29) is 24.2 Å². The number of nitriles is 1. The normalized spacial score (nSPS) is 17.4. The monoisotopic (exact) mass is 356 g/mol. The highest BCUT2D eigenvalue weighted by Crippen LogP contribution is 2.22. The van der Waals surface area contributed by atoms with Crippen LogP contribution in [-0.4, -0.2) is 67.3 Å². The molecule has 0 aromatic heterocycles. The standard InChI is InChI=1S/C20H28N4O2/c1-4-18(25)14-22-19(20(26)24-11-9-23(3)10-12-24)15(2)17-7-5-16(13-21)6-8-17/h5-8,15,19,22H,4,9-12,14H2,1-3H3/t15?,19-/m1/s1. The summed E-state index contributed by atoms with van der Waals surface area (Å²) in [5.41, 5.74) is 1.57. The number of carbonyl (C=O) groups excluding carboxylic acids is 2. The summed E-state index contributed by atoms with van der Waals surface area (Å²) in [7, 11) is 2.05. The molecule has 26 heavy (non-hydrogen) atoms. The minimum atomic E-state index is -0.457. The lowest BCUT2D eigenvalue weighted by Crippen LogP contribution is -2.55. The fourth-order valence-electron chi connectivity index (χ4n) is 3.10. The number of likely N-dealkylation sites (N-methyl/N-ethyl adjacent to an activating group) is 1. The Kier molecular flexibility index (Phi) is 7.31.